The first kappa shape index (κ1) is 27.3. The van der Waals surface area contributed by atoms with Crippen molar-refractivity contribution in [3.63, 3.8) is 0 Å². The van der Waals surface area contributed by atoms with Crippen molar-refractivity contribution in [2.75, 3.05) is 38.3 Å². The van der Waals surface area contributed by atoms with E-state index in [-0.39, 0.29) is 63.9 Å². The SMILES string of the molecule is C#Cc1c(F)ccc2cc(O)cc(-c3nc4c5c(nc(OC[C@@]67CCCN6C[C@H](F)C7)nc5c3F)N(C)C3CCC3CO4)c12. The maximum absolute atomic E-state index is 16.8. The summed E-state index contributed by atoms with van der Waals surface area (Å²) in [5.41, 5.74) is -0.696. The van der Waals surface area contributed by atoms with Gasteiger partial charge in [0.15, 0.2) is 5.82 Å². The van der Waals surface area contributed by atoms with Gasteiger partial charge in [0.2, 0.25) is 5.88 Å². The van der Waals surface area contributed by atoms with Gasteiger partial charge in [0, 0.05) is 42.9 Å². The molecule has 2 aromatic heterocycles. The number of anilines is 1. The van der Waals surface area contributed by atoms with E-state index in [1.54, 1.807) is 0 Å². The van der Waals surface area contributed by atoms with Gasteiger partial charge in [-0.05, 0) is 55.8 Å². The van der Waals surface area contributed by atoms with Crippen LogP contribution in [-0.4, -0.2) is 76.1 Å². The van der Waals surface area contributed by atoms with Crippen LogP contribution in [0.3, 0.4) is 0 Å². The number of aromatic nitrogens is 3. The molecule has 5 heterocycles. The molecule has 3 fully saturated rings. The van der Waals surface area contributed by atoms with Gasteiger partial charge in [0.1, 0.15) is 46.8 Å². The fourth-order valence-corrected chi connectivity index (χ4v) is 7.71. The maximum atomic E-state index is 16.8. The number of hydrogen-bond acceptors (Lipinski definition) is 8. The molecule has 8 rings (SSSR count). The second kappa shape index (κ2) is 9.86. The predicted octanol–water partition coefficient (Wildman–Crippen LogP) is 5.37. The van der Waals surface area contributed by atoms with Gasteiger partial charge in [-0.3, -0.25) is 4.90 Å². The number of pyridine rings is 1. The monoisotopic (exact) mass is 601 g/mol. The van der Waals surface area contributed by atoms with Gasteiger partial charge in [0.25, 0.3) is 0 Å². The van der Waals surface area contributed by atoms with Crippen LogP contribution in [0, 0.1) is 29.9 Å². The topological polar surface area (TPSA) is 83.8 Å². The molecular weight excluding hydrogens is 571 g/mol. The van der Waals surface area contributed by atoms with Crippen LogP contribution in [0.1, 0.15) is 37.7 Å². The molecule has 2 unspecified atom stereocenters. The number of fused-ring (bicyclic) bond motifs is 3. The minimum Gasteiger partial charge on any atom is -0.508 e. The number of ether oxygens (including phenoxy) is 2. The predicted molar refractivity (Wildman–Crippen MR) is 159 cm³/mol. The Kier molecular flexibility index (Phi) is 6.11. The number of terminal acetylenes is 1. The first-order chi connectivity index (χ1) is 21.3. The van der Waals surface area contributed by atoms with Crippen LogP contribution in [0.2, 0.25) is 0 Å². The summed E-state index contributed by atoms with van der Waals surface area (Å²) in [4.78, 5) is 18.0. The van der Waals surface area contributed by atoms with Crippen LogP contribution in [0.15, 0.2) is 24.3 Å². The molecule has 1 saturated carbocycles. The fourth-order valence-electron chi connectivity index (χ4n) is 7.71. The molecule has 1 aliphatic carbocycles. The number of rotatable bonds is 4. The van der Waals surface area contributed by atoms with Crippen molar-refractivity contribution in [2.45, 2.75) is 49.9 Å². The van der Waals surface area contributed by atoms with Crippen LogP contribution < -0.4 is 14.4 Å². The number of phenolic OH excluding ortho intramolecular Hbond substituents is 1. The fraction of sp³-hybridized carbons (Fsp3) is 0.424. The van der Waals surface area contributed by atoms with Gasteiger partial charge in [-0.2, -0.15) is 9.97 Å². The highest BCUT2D eigenvalue weighted by molar-refractivity contribution is 6.04. The van der Waals surface area contributed by atoms with Crippen molar-refractivity contribution in [3.05, 3.63) is 41.5 Å². The van der Waals surface area contributed by atoms with Gasteiger partial charge >= 0.3 is 6.01 Å². The molecule has 3 aliphatic heterocycles. The smallest absolute Gasteiger partial charge is 0.319 e. The van der Waals surface area contributed by atoms with E-state index in [0.717, 1.165) is 32.2 Å². The highest BCUT2D eigenvalue weighted by Crippen LogP contribution is 2.46. The van der Waals surface area contributed by atoms with Gasteiger partial charge in [0.05, 0.1) is 17.7 Å². The Morgan fingerprint density at radius 3 is 2.84 bits per heavy atom. The second-order valence-corrected chi connectivity index (χ2v) is 12.5. The normalized spacial score (nSPS) is 26.0. The second-order valence-electron chi connectivity index (χ2n) is 12.5. The van der Waals surface area contributed by atoms with Crippen LogP contribution in [0.5, 0.6) is 17.6 Å². The van der Waals surface area contributed by atoms with E-state index in [0.29, 0.717) is 36.2 Å². The van der Waals surface area contributed by atoms with Gasteiger partial charge < -0.3 is 19.5 Å². The maximum Gasteiger partial charge on any atom is 0.319 e. The summed E-state index contributed by atoms with van der Waals surface area (Å²) < 4.78 is 58.6. The zero-order valence-electron chi connectivity index (χ0n) is 24.1. The molecule has 4 atom stereocenters. The highest BCUT2D eigenvalue weighted by Gasteiger charge is 2.49. The third kappa shape index (κ3) is 4.00. The van der Waals surface area contributed by atoms with Crippen molar-refractivity contribution in [2.24, 2.45) is 5.92 Å². The molecule has 0 bridgehead atoms. The lowest BCUT2D eigenvalue weighted by Crippen LogP contribution is -2.49. The Morgan fingerprint density at radius 2 is 2.05 bits per heavy atom. The van der Waals surface area contributed by atoms with E-state index in [2.05, 4.69) is 20.8 Å². The molecule has 1 N–H and O–H groups in total. The molecule has 2 aromatic carbocycles. The summed E-state index contributed by atoms with van der Waals surface area (Å²) in [5, 5.41) is 11.5. The van der Waals surface area contributed by atoms with E-state index in [1.165, 1.54) is 24.3 Å². The molecule has 4 aliphatic rings. The van der Waals surface area contributed by atoms with E-state index < -0.39 is 23.3 Å². The molecule has 44 heavy (non-hydrogen) atoms. The van der Waals surface area contributed by atoms with Crippen molar-refractivity contribution < 1.29 is 27.8 Å². The molecule has 0 radical (unpaired) electrons. The first-order valence-electron chi connectivity index (χ1n) is 15.0. The summed E-state index contributed by atoms with van der Waals surface area (Å²) in [6, 6.07) is 5.53. The van der Waals surface area contributed by atoms with E-state index in [9.17, 15) is 13.9 Å². The molecular formula is C33H30F3N5O3. The average Bonchev–Trinajstić information content (AvgIpc) is 3.51. The van der Waals surface area contributed by atoms with Crippen molar-refractivity contribution in [1.29, 1.82) is 0 Å². The third-order valence-corrected chi connectivity index (χ3v) is 10.0. The Balaban J connectivity index is 1.33. The quantitative estimate of drug-likeness (QED) is 0.313. The standard InChI is InChI=1S/C33H30F3N5O3/c1-3-21-23(35)7-5-17-11-20(42)12-22(25(17)21)28-27(36)29-26-30(40(2)24-8-6-18(24)15-43-31(26)37-28)39-32(38-29)44-16-33-9-4-10-41(33)14-19(34)13-33/h1,5,7,11-12,18-19,24,42H,4,6,8-10,13-16H2,2H3/t18?,19-,24?,33+/m1/s1. The number of hydrogen-bond donors (Lipinski definition) is 1. The van der Waals surface area contributed by atoms with E-state index in [4.69, 9.17) is 20.9 Å². The number of nitrogens with zero attached hydrogens (tertiary/aromatic N) is 5. The molecule has 4 aromatic rings. The number of benzene rings is 2. The lowest BCUT2D eigenvalue weighted by atomic mass is 9.79. The van der Waals surface area contributed by atoms with Crippen LogP contribution in [-0.2, 0) is 0 Å². The number of aromatic hydroxyl groups is 1. The highest BCUT2D eigenvalue weighted by atomic mass is 19.1. The summed E-state index contributed by atoms with van der Waals surface area (Å²) in [7, 11) is 1.91. The number of phenols is 1. The first-order valence-corrected chi connectivity index (χ1v) is 15.0. The van der Waals surface area contributed by atoms with Crippen molar-refractivity contribution in [3.8, 4) is 41.2 Å². The molecule has 0 spiro atoms. The minimum atomic E-state index is -0.924. The van der Waals surface area contributed by atoms with Gasteiger partial charge in [-0.25, -0.2) is 18.2 Å². The number of alkyl halides is 1. The Bertz CT molecular complexity index is 1900. The molecule has 11 heteroatoms. The summed E-state index contributed by atoms with van der Waals surface area (Å²) in [6.45, 7) is 1.73. The van der Waals surface area contributed by atoms with Gasteiger partial charge in [-0.1, -0.05) is 12.0 Å². The van der Waals surface area contributed by atoms with Crippen molar-refractivity contribution >= 4 is 27.5 Å². The summed E-state index contributed by atoms with van der Waals surface area (Å²) >= 11 is 0. The van der Waals surface area contributed by atoms with Crippen LogP contribution in [0.25, 0.3) is 32.9 Å². The average molecular weight is 602 g/mol. The lowest BCUT2D eigenvalue weighted by molar-refractivity contribution is 0.107. The molecule has 8 nitrogen and oxygen atoms in total. The zero-order chi connectivity index (χ0) is 30.3. The number of halogens is 3. The van der Waals surface area contributed by atoms with Crippen molar-refractivity contribution in [1.82, 2.24) is 19.9 Å². The lowest BCUT2D eigenvalue weighted by Gasteiger charge is -2.44. The van der Waals surface area contributed by atoms with Gasteiger partial charge in [-0.15, -0.1) is 6.42 Å². The summed E-state index contributed by atoms with van der Waals surface area (Å²) in [5.74, 6) is 1.50. The Hall–Kier alpha value is -4.30. The van der Waals surface area contributed by atoms with E-state index in [1.807, 2.05) is 11.9 Å². The minimum absolute atomic E-state index is 0.0301. The van der Waals surface area contributed by atoms with E-state index >= 15 is 4.39 Å². The molecule has 0 amide bonds. The third-order valence-electron chi connectivity index (χ3n) is 10.0. The Labute approximate surface area is 251 Å². The van der Waals surface area contributed by atoms with Crippen LogP contribution >= 0.6 is 0 Å². The largest absolute Gasteiger partial charge is 0.508 e. The van der Waals surface area contributed by atoms with Crippen LogP contribution in [0.4, 0.5) is 19.0 Å². The molecule has 2 saturated heterocycles. The Morgan fingerprint density at radius 1 is 1.18 bits per heavy atom. The summed E-state index contributed by atoms with van der Waals surface area (Å²) in [6.07, 6.45) is 8.79. The molecule has 226 valence electrons. The zero-order valence-corrected chi connectivity index (χ0v) is 24.1.